The molecule has 0 radical (unpaired) electrons. The van der Waals surface area contributed by atoms with Crippen molar-refractivity contribution < 1.29 is 13.6 Å². The second-order valence-corrected chi connectivity index (χ2v) is 8.02. The Morgan fingerprint density at radius 1 is 0.931 bits per heavy atom. The van der Waals surface area contributed by atoms with E-state index < -0.39 is 0 Å². The average Bonchev–Trinajstić information content (AvgIpc) is 2.74. The Kier molecular flexibility index (Phi) is 5.81. The third-order valence-electron chi connectivity index (χ3n) is 4.83. The predicted molar refractivity (Wildman–Crippen MR) is 112 cm³/mol. The van der Waals surface area contributed by atoms with E-state index in [0.717, 1.165) is 34.0 Å². The SMILES string of the molecule is O=C(NCc1ccc(F)cc1)c1ccc2c(c1)N(Cc1ccc(F)cc1)CCS2. The molecule has 0 aromatic heterocycles. The first-order chi connectivity index (χ1) is 14.1. The highest BCUT2D eigenvalue weighted by Crippen LogP contribution is 2.36. The van der Waals surface area contributed by atoms with Gasteiger partial charge in [-0.3, -0.25) is 4.79 Å². The van der Waals surface area contributed by atoms with Gasteiger partial charge in [0.15, 0.2) is 0 Å². The minimum atomic E-state index is -0.298. The highest BCUT2D eigenvalue weighted by atomic mass is 32.2. The van der Waals surface area contributed by atoms with Gasteiger partial charge in [-0.25, -0.2) is 8.78 Å². The number of amides is 1. The van der Waals surface area contributed by atoms with Crippen molar-refractivity contribution in [2.75, 3.05) is 17.2 Å². The molecule has 3 nitrogen and oxygen atoms in total. The van der Waals surface area contributed by atoms with E-state index in [-0.39, 0.29) is 17.5 Å². The van der Waals surface area contributed by atoms with Crippen LogP contribution in [0.15, 0.2) is 71.6 Å². The van der Waals surface area contributed by atoms with E-state index in [1.165, 1.54) is 24.3 Å². The third-order valence-corrected chi connectivity index (χ3v) is 5.88. The summed E-state index contributed by atoms with van der Waals surface area (Å²) in [5, 5.41) is 2.88. The minimum absolute atomic E-state index is 0.172. The number of anilines is 1. The molecule has 1 aliphatic rings. The first-order valence-electron chi connectivity index (χ1n) is 9.37. The zero-order valence-corrected chi connectivity index (χ0v) is 16.5. The van der Waals surface area contributed by atoms with E-state index >= 15 is 0 Å². The predicted octanol–water partition coefficient (Wildman–Crippen LogP) is 5.01. The molecule has 3 aromatic rings. The maximum absolute atomic E-state index is 13.2. The summed E-state index contributed by atoms with van der Waals surface area (Å²) < 4.78 is 26.2. The van der Waals surface area contributed by atoms with Gasteiger partial charge in [0.25, 0.3) is 5.91 Å². The van der Waals surface area contributed by atoms with Crippen LogP contribution in [0.4, 0.5) is 14.5 Å². The summed E-state index contributed by atoms with van der Waals surface area (Å²) in [4.78, 5) is 16.0. The van der Waals surface area contributed by atoms with Crippen molar-refractivity contribution in [3.05, 3.63) is 95.1 Å². The van der Waals surface area contributed by atoms with Crippen molar-refractivity contribution in [3.63, 3.8) is 0 Å². The molecule has 0 aliphatic carbocycles. The fraction of sp³-hybridized carbons (Fsp3) is 0.174. The molecule has 1 heterocycles. The molecule has 29 heavy (non-hydrogen) atoms. The van der Waals surface area contributed by atoms with Gasteiger partial charge in [-0.2, -0.15) is 0 Å². The molecule has 0 saturated heterocycles. The van der Waals surface area contributed by atoms with Gasteiger partial charge < -0.3 is 10.2 Å². The van der Waals surface area contributed by atoms with Gasteiger partial charge >= 0.3 is 0 Å². The number of benzene rings is 3. The Morgan fingerprint density at radius 3 is 2.28 bits per heavy atom. The number of halogens is 2. The van der Waals surface area contributed by atoms with E-state index in [9.17, 15) is 13.6 Å². The summed E-state index contributed by atoms with van der Waals surface area (Å²) in [6, 6.07) is 18.3. The van der Waals surface area contributed by atoms with Gasteiger partial charge in [-0.15, -0.1) is 11.8 Å². The molecular formula is C23H20F2N2OS. The number of hydrogen-bond acceptors (Lipinski definition) is 3. The number of hydrogen-bond donors (Lipinski definition) is 1. The maximum atomic E-state index is 13.2. The topological polar surface area (TPSA) is 32.3 Å². The lowest BCUT2D eigenvalue weighted by molar-refractivity contribution is 0.0951. The Balaban J connectivity index is 1.49. The van der Waals surface area contributed by atoms with Crippen LogP contribution in [0.1, 0.15) is 21.5 Å². The quantitative estimate of drug-likeness (QED) is 0.642. The standard InChI is InChI=1S/C23H20F2N2OS/c24-19-6-1-16(2-7-19)14-26-23(28)18-5-10-22-21(13-18)27(11-12-29-22)15-17-3-8-20(25)9-4-17/h1-10,13H,11-12,14-15H2,(H,26,28). The Bertz CT molecular complexity index is 1010. The van der Waals surface area contributed by atoms with E-state index in [4.69, 9.17) is 0 Å². The van der Waals surface area contributed by atoms with Crippen molar-refractivity contribution in [3.8, 4) is 0 Å². The van der Waals surface area contributed by atoms with Gasteiger partial charge in [0.05, 0.1) is 5.69 Å². The van der Waals surface area contributed by atoms with E-state index in [0.29, 0.717) is 18.7 Å². The second-order valence-electron chi connectivity index (χ2n) is 6.89. The summed E-state index contributed by atoms with van der Waals surface area (Å²) >= 11 is 1.77. The minimum Gasteiger partial charge on any atom is -0.365 e. The highest BCUT2D eigenvalue weighted by molar-refractivity contribution is 7.99. The lowest BCUT2D eigenvalue weighted by Crippen LogP contribution is -2.29. The Labute approximate surface area is 172 Å². The summed E-state index contributed by atoms with van der Waals surface area (Å²) in [6.07, 6.45) is 0. The number of carbonyl (C=O) groups is 1. The largest absolute Gasteiger partial charge is 0.365 e. The molecule has 0 bridgehead atoms. The zero-order valence-electron chi connectivity index (χ0n) is 15.7. The van der Waals surface area contributed by atoms with Crippen molar-refractivity contribution in [1.82, 2.24) is 5.32 Å². The molecule has 0 atom stereocenters. The number of fused-ring (bicyclic) bond motifs is 1. The normalized spacial score (nSPS) is 13.1. The van der Waals surface area contributed by atoms with Gasteiger partial charge in [-0.05, 0) is 53.6 Å². The summed E-state index contributed by atoms with van der Waals surface area (Å²) in [5.74, 6) is 0.246. The van der Waals surface area contributed by atoms with Crippen molar-refractivity contribution in [2.45, 2.75) is 18.0 Å². The lowest BCUT2D eigenvalue weighted by atomic mass is 10.1. The summed E-state index contributed by atoms with van der Waals surface area (Å²) in [6.45, 7) is 1.86. The van der Waals surface area contributed by atoms with E-state index in [1.807, 2.05) is 18.2 Å². The van der Waals surface area contributed by atoms with E-state index in [1.54, 1.807) is 36.0 Å². The fourth-order valence-electron chi connectivity index (χ4n) is 3.28. The van der Waals surface area contributed by atoms with Crippen LogP contribution in [-0.4, -0.2) is 18.2 Å². The molecule has 6 heteroatoms. The van der Waals surface area contributed by atoms with Gasteiger partial charge in [0, 0.05) is 35.8 Å². The molecule has 1 amide bonds. The number of rotatable bonds is 5. The highest BCUT2D eigenvalue weighted by Gasteiger charge is 2.19. The van der Waals surface area contributed by atoms with Crippen LogP contribution in [0.5, 0.6) is 0 Å². The summed E-state index contributed by atoms with van der Waals surface area (Å²) in [5.41, 5.74) is 3.46. The average molecular weight is 410 g/mol. The number of nitrogens with zero attached hydrogens (tertiary/aromatic N) is 1. The molecule has 0 saturated carbocycles. The Morgan fingerprint density at radius 2 is 1.59 bits per heavy atom. The molecular weight excluding hydrogens is 390 g/mol. The number of nitrogens with one attached hydrogen (secondary N) is 1. The van der Waals surface area contributed by atoms with Crippen LogP contribution >= 0.6 is 11.8 Å². The molecule has 148 valence electrons. The summed E-state index contributed by atoms with van der Waals surface area (Å²) in [7, 11) is 0. The van der Waals surface area contributed by atoms with Crippen molar-refractivity contribution in [1.29, 1.82) is 0 Å². The van der Waals surface area contributed by atoms with Gasteiger partial charge in [0.1, 0.15) is 11.6 Å². The van der Waals surface area contributed by atoms with E-state index in [2.05, 4.69) is 10.2 Å². The molecule has 0 unspecified atom stereocenters. The molecule has 1 aliphatic heterocycles. The molecule has 0 fully saturated rings. The van der Waals surface area contributed by atoms with Gasteiger partial charge in [-0.1, -0.05) is 24.3 Å². The second kappa shape index (κ2) is 8.66. The van der Waals surface area contributed by atoms with Crippen LogP contribution in [0.25, 0.3) is 0 Å². The fourth-order valence-corrected chi connectivity index (χ4v) is 4.31. The van der Waals surface area contributed by atoms with Crippen LogP contribution in [0, 0.1) is 11.6 Å². The van der Waals surface area contributed by atoms with Crippen LogP contribution in [0.2, 0.25) is 0 Å². The first kappa shape index (κ1) is 19.5. The Hall–Kier alpha value is -2.86. The molecule has 3 aromatic carbocycles. The van der Waals surface area contributed by atoms with Crippen molar-refractivity contribution in [2.24, 2.45) is 0 Å². The number of carbonyl (C=O) groups excluding carboxylic acids is 1. The molecule has 4 rings (SSSR count). The van der Waals surface area contributed by atoms with Crippen LogP contribution < -0.4 is 10.2 Å². The lowest BCUT2D eigenvalue weighted by Gasteiger charge is -2.31. The van der Waals surface area contributed by atoms with Crippen LogP contribution in [-0.2, 0) is 13.1 Å². The zero-order chi connectivity index (χ0) is 20.2. The monoisotopic (exact) mass is 410 g/mol. The molecule has 1 N–H and O–H groups in total. The maximum Gasteiger partial charge on any atom is 0.251 e. The number of thioether (sulfide) groups is 1. The van der Waals surface area contributed by atoms with Crippen molar-refractivity contribution >= 4 is 23.4 Å². The van der Waals surface area contributed by atoms with Gasteiger partial charge in [0.2, 0.25) is 0 Å². The van der Waals surface area contributed by atoms with Crippen LogP contribution in [0.3, 0.4) is 0 Å². The first-order valence-corrected chi connectivity index (χ1v) is 10.4. The molecule has 0 spiro atoms. The smallest absolute Gasteiger partial charge is 0.251 e. The third kappa shape index (κ3) is 4.77.